The molecule has 0 aliphatic rings. The molecule has 2 heterocycles. The largest absolute Gasteiger partial charge is 0.451 e. The van der Waals surface area contributed by atoms with Crippen LogP contribution in [0.4, 0.5) is 0 Å². The Labute approximate surface area is 114 Å². The maximum absolute atomic E-state index is 11.0. The van der Waals surface area contributed by atoms with Crippen molar-refractivity contribution in [1.82, 2.24) is 9.97 Å². The van der Waals surface area contributed by atoms with E-state index in [-0.39, 0.29) is 5.78 Å². The molecule has 4 nitrogen and oxygen atoms in total. The van der Waals surface area contributed by atoms with Crippen LogP contribution in [0.1, 0.15) is 13.3 Å². The molecule has 0 atom stereocenters. The fourth-order valence-electron chi connectivity index (χ4n) is 1.90. The lowest BCUT2D eigenvalue weighted by Gasteiger charge is -1.99. The molecular formula is C14H12N2O2S. The standard InChI is InChI=1S/C14H12N2O2S/c1-9(17)6-7-19-14-13-12(15-8-16-14)10-4-2-3-5-11(10)18-13/h2-5,8H,6-7H2,1H3. The molecule has 19 heavy (non-hydrogen) atoms. The van der Waals surface area contributed by atoms with E-state index in [4.69, 9.17) is 4.42 Å². The van der Waals surface area contributed by atoms with Crippen molar-refractivity contribution >= 4 is 39.6 Å². The lowest BCUT2D eigenvalue weighted by atomic mass is 10.2. The second kappa shape index (κ2) is 5.01. The Kier molecular flexibility index (Phi) is 3.21. The second-order valence-corrected chi connectivity index (χ2v) is 5.34. The monoisotopic (exact) mass is 272 g/mol. The predicted octanol–water partition coefficient (Wildman–Crippen LogP) is 3.45. The maximum Gasteiger partial charge on any atom is 0.186 e. The van der Waals surface area contributed by atoms with Gasteiger partial charge in [0.2, 0.25) is 0 Å². The SMILES string of the molecule is CC(=O)CCSc1ncnc2c1oc1ccccc12. The summed E-state index contributed by atoms with van der Waals surface area (Å²) in [5, 5.41) is 1.79. The minimum absolute atomic E-state index is 0.183. The molecule has 0 fully saturated rings. The van der Waals surface area contributed by atoms with Crippen molar-refractivity contribution in [3.05, 3.63) is 30.6 Å². The molecule has 0 aliphatic carbocycles. The molecule has 0 bridgehead atoms. The highest BCUT2D eigenvalue weighted by atomic mass is 32.2. The van der Waals surface area contributed by atoms with Gasteiger partial charge in [-0.1, -0.05) is 12.1 Å². The number of nitrogens with zero attached hydrogens (tertiary/aromatic N) is 2. The third-order valence-electron chi connectivity index (χ3n) is 2.82. The van der Waals surface area contributed by atoms with Crippen molar-refractivity contribution in [3.8, 4) is 0 Å². The van der Waals surface area contributed by atoms with Gasteiger partial charge in [0.25, 0.3) is 0 Å². The Bertz CT molecular complexity index is 751. The molecule has 96 valence electrons. The van der Waals surface area contributed by atoms with E-state index in [2.05, 4.69) is 9.97 Å². The lowest BCUT2D eigenvalue weighted by Crippen LogP contribution is -1.92. The van der Waals surface area contributed by atoms with Crippen molar-refractivity contribution in [1.29, 1.82) is 0 Å². The van der Waals surface area contributed by atoms with Crippen LogP contribution in [0.25, 0.3) is 22.1 Å². The number of thioether (sulfide) groups is 1. The minimum Gasteiger partial charge on any atom is -0.451 e. The number of benzene rings is 1. The van der Waals surface area contributed by atoms with Gasteiger partial charge in [-0.2, -0.15) is 0 Å². The van der Waals surface area contributed by atoms with Crippen molar-refractivity contribution in [2.75, 3.05) is 5.75 Å². The topological polar surface area (TPSA) is 56.0 Å². The molecule has 1 aromatic carbocycles. The van der Waals surface area contributed by atoms with Crippen LogP contribution in [-0.4, -0.2) is 21.5 Å². The van der Waals surface area contributed by atoms with Crippen molar-refractivity contribution in [2.45, 2.75) is 18.4 Å². The molecule has 3 rings (SSSR count). The van der Waals surface area contributed by atoms with Crippen LogP contribution >= 0.6 is 11.8 Å². The average molecular weight is 272 g/mol. The molecule has 5 heteroatoms. The quantitative estimate of drug-likeness (QED) is 0.538. The number of hydrogen-bond donors (Lipinski definition) is 0. The number of aromatic nitrogens is 2. The van der Waals surface area contributed by atoms with Gasteiger partial charge in [-0.05, 0) is 19.1 Å². The van der Waals surface area contributed by atoms with E-state index >= 15 is 0 Å². The molecule has 0 N–H and O–H groups in total. The Morgan fingerprint density at radius 1 is 1.32 bits per heavy atom. The molecule has 0 saturated heterocycles. The Balaban J connectivity index is 2.03. The second-order valence-electron chi connectivity index (χ2n) is 4.26. The zero-order chi connectivity index (χ0) is 13.2. The van der Waals surface area contributed by atoms with Crippen molar-refractivity contribution in [2.24, 2.45) is 0 Å². The van der Waals surface area contributed by atoms with Crippen LogP contribution in [0, 0.1) is 0 Å². The highest BCUT2D eigenvalue weighted by molar-refractivity contribution is 7.99. The zero-order valence-corrected chi connectivity index (χ0v) is 11.2. The number of Topliss-reactive ketones (excluding diaryl/α,β-unsaturated/α-hetero) is 1. The van der Waals surface area contributed by atoms with E-state index in [1.807, 2.05) is 24.3 Å². The van der Waals surface area contributed by atoms with Gasteiger partial charge >= 0.3 is 0 Å². The molecule has 0 unspecified atom stereocenters. The third kappa shape index (κ3) is 2.33. The van der Waals surface area contributed by atoms with Crippen LogP contribution in [0.5, 0.6) is 0 Å². The highest BCUT2D eigenvalue weighted by Gasteiger charge is 2.12. The number of carbonyl (C=O) groups is 1. The highest BCUT2D eigenvalue weighted by Crippen LogP contribution is 2.32. The van der Waals surface area contributed by atoms with Crippen LogP contribution < -0.4 is 0 Å². The molecule has 3 aromatic rings. The van der Waals surface area contributed by atoms with Gasteiger partial charge in [0.05, 0.1) is 0 Å². The fourth-order valence-corrected chi connectivity index (χ4v) is 2.87. The molecule has 0 saturated carbocycles. The Morgan fingerprint density at radius 2 is 2.16 bits per heavy atom. The number of rotatable bonds is 4. The Hall–Kier alpha value is -1.88. The minimum atomic E-state index is 0.183. The number of ketones is 1. The molecular weight excluding hydrogens is 260 g/mol. The number of furan rings is 1. The molecule has 0 aliphatic heterocycles. The van der Waals surface area contributed by atoms with E-state index in [1.165, 1.54) is 11.8 Å². The number of carbonyl (C=O) groups excluding carboxylic acids is 1. The summed E-state index contributed by atoms with van der Waals surface area (Å²) >= 11 is 1.53. The van der Waals surface area contributed by atoms with Crippen LogP contribution in [0.3, 0.4) is 0 Å². The summed E-state index contributed by atoms with van der Waals surface area (Å²) in [4.78, 5) is 19.5. The maximum atomic E-state index is 11.0. The molecule has 2 aromatic heterocycles. The summed E-state index contributed by atoms with van der Waals surface area (Å²) in [7, 11) is 0. The molecule has 0 radical (unpaired) electrons. The summed E-state index contributed by atoms with van der Waals surface area (Å²) in [5.41, 5.74) is 2.35. The van der Waals surface area contributed by atoms with Gasteiger partial charge in [-0.25, -0.2) is 9.97 Å². The van der Waals surface area contributed by atoms with E-state index in [0.717, 1.165) is 21.5 Å². The smallest absolute Gasteiger partial charge is 0.186 e. The van der Waals surface area contributed by atoms with Gasteiger partial charge in [0, 0.05) is 17.6 Å². The van der Waals surface area contributed by atoms with E-state index in [1.54, 1.807) is 13.3 Å². The number of hydrogen-bond acceptors (Lipinski definition) is 5. The predicted molar refractivity (Wildman–Crippen MR) is 75.3 cm³/mol. The first kappa shape index (κ1) is 12.2. The van der Waals surface area contributed by atoms with Crippen LogP contribution in [-0.2, 0) is 4.79 Å². The molecule has 0 amide bonds. The molecule has 0 spiro atoms. The van der Waals surface area contributed by atoms with Crippen LogP contribution in [0.2, 0.25) is 0 Å². The normalized spacial score (nSPS) is 11.2. The first-order chi connectivity index (χ1) is 9.25. The van der Waals surface area contributed by atoms with E-state index < -0.39 is 0 Å². The number of fused-ring (bicyclic) bond motifs is 3. The summed E-state index contributed by atoms with van der Waals surface area (Å²) in [6.07, 6.45) is 2.08. The van der Waals surface area contributed by atoms with Gasteiger partial charge in [-0.3, -0.25) is 4.79 Å². The summed E-state index contributed by atoms with van der Waals surface area (Å²) in [6.45, 7) is 1.59. The zero-order valence-electron chi connectivity index (χ0n) is 10.4. The summed E-state index contributed by atoms with van der Waals surface area (Å²) in [6, 6.07) is 7.79. The first-order valence-electron chi connectivity index (χ1n) is 6.00. The van der Waals surface area contributed by atoms with Gasteiger partial charge in [0.1, 0.15) is 28.2 Å². The lowest BCUT2D eigenvalue weighted by molar-refractivity contribution is -0.116. The van der Waals surface area contributed by atoms with E-state index in [0.29, 0.717) is 17.8 Å². The fraction of sp³-hybridized carbons (Fsp3) is 0.214. The first-order valence-corrected chi connectivity index (χ1v) is 6.99. The van der Waals surface area contributed by atoms with Gasteiger partial charge < -0.3 is 4.42 Å². The third-order valence-corrected chi connectivity index (χ3v) is 3.79. The average Bonchev–Trinajstić information content (AvgIpc) is 2.78. The van der Waals surface area contributed by atoms with Gasteiger partial charge in [0.15, 0.2) is 5.58 Å². The number of para-hydroxylation sites is 1. The Morgan fingerprint density at radius 3 is 3.00 bits per heavy atom. The van der Waals surface area contributed by atoms with Crippen molar-refractivity contribution < 1.29 is 9.21 Å². The van der Waals surface area contributed by atoms with Crippen LogP contribution in [0.15, 0.2) is 40.0 Å². The van der Waals surface area contributed by atoms with Crippen molar-refractivity contribution in [3.63, 3.8) is 0 Å². The van der Waals surface area contributed by atoms with E-state index in [9.17, 15) is 4.79 Å². The summed E-state index contributed by atoms with van der Waals surface area (Å²) < 4.78 is 5.81. The van der Waals surface area contributed by atoms with Gasteiger partial charge in [-0.15, -0.1) is 11.8 Å². The summed E-state index contributed by atoms with van der Waals surface area (Å²) in [5.74, 6) is 0.890.